The van der Waals surface area contributed by atoms with Crippen LogP contribution in [0.2, 0.25) is 3.93 Å². The van der Waals surface area contributed by atoms with Gasteiger partial charge in [-0.25, -0.2) is 0 Å². The summed E-state index contributed by atoms with van der Waals surface area (Å²) < 4.78 is 95.7. The Morgan fingerprint density at radius 2 is 0.458 bits per heavy atom. The molecule has 16 heteroatoms. The van der Waals surface area contributed by atoms with Gasteiger partial charge < -0.3 is 29.7 Å². The average Bonchev–Trinajstić information content (AvgIpc) is 3.14. The quantitative estimate of drug-likeness (QED) is 0.0360. The first-order valence-corrected chi connectivity index (χ1v) is 23.8. The van der Waals surface area contributed by atoms with E-state index in [0.29, 0.717) is 0 Å². The Bertz CT molecular complexity index is 840. The number of carbonyl (C=O) groups excluding carboxylic acids is 3. The van der Waals surface area contributed by atoms with Gasteiger partial charge in [-0.15, -0.1) is 0 Å². The number of rotatable bonds is 34. The predicted molar refractivity (Wildman–Crippen MR) is 211 cm³/mol. The number of hydrogen-bond acceptors (Lipinski definition) is 6. The zero-order valence-electron chi connectivity index (χ0n) is 36.0. The monoisotopic (exact) mass is 978 g/mol. The summed E-state index contributed by atoms with van der Waals surface area (Å²) in [5.74, 6) is -9.02. The van der Waals surface area contributed by atoms with Crippen molar-refractivity contribution in [3.63, 3.8) is 0 Å². The fourth-order valence-corrected chi connectivity index (χ4v) is 7.19. The first-order valence-electron chi connectivity index (χ1n) is 22.2. The molecule has 0 unspecified atom stereocenters. The fraction of sp³-hybridized carbons (Fsp3) is 0.930. The Balaban J connectivity index is -0.000000580. The molecule has 0 aromatic heterocycles. The molecule has 0 bridgehead atoms. The van der Waals surface area contributed by atoms with Gasteiger partial charge in [-0.05, 0) is 0 Å². The van der Waals surface area contributed by atoms with Gasteiger partial charge in [0.05, 0.1) is 0 Å². The van der Waals surface area contributed by atoms with E-state index in [0.717, 1.165) is 3.93 Å². The van der Waals surface area contributed by atoms with E-state index in [2.05, 4.69) is 13.8 Å². The van der Waals surface area contributed by atoms with Crippen molar-refractivity contribution < 1.29 is 69.2 Å². The molecule has 0 fully saturated rings. The molecule has 350 valence electrons. The van der Waals surface area contributed by atoms with Gasteiger partial charge in [0.2, 0.25) is 0 Å². The molecule has 0 amide bonds. The number of carboxylic acids is 3. The maximum absolute atomic E-state index is 10.5. The first-order chi connectivity index (χ1) is 27.6. The molecular formula is C43H75F9O6Sn. The van der Waals surface area contributed by atoms with Crippen molar-refractivity contribution in [1.82, 2.24) is 0 Å². The molecule has 0 aromatic rings. The zero-order chi connectivity index (χ0) is 45.9. The Hall–Kier alpha value is -1.42. The first kappa shape index (κ1) is 64.2. The Morgan fingerprint density at radius 1 is 0.339 bits per heavy atom. The summed E-state index contributed by atoms with van der Waals surface area (Å²) in [6.45, 7) is 4.62. The normalized spacial score (nSPS) is 11.6. The van der Waals surface area contributed by atoms with E-state index in [1.165, 1.54) is 218 Å². The van der Waals surface area contributed by atoms with Crippen LogP contribution in [0, 0.1) is 0 Å². The molecule has 0 heterocycles. The summed E-state index contributed by atoms with van der Waals surface area (Å²) in [6.07, 6.45) is 34.9. The molecule has 0 aromatic carbocycles. The van der Waals surface area contributed by atoms with Crippen molar-refractivity contribution in [2.45, 2.75) is 255 Å². The Labute approximate surface area is 363 Å². The van der Waals surface area contributed by atoms with Crippen LogP contribution in [0.25, 0.3) is 0 Å². The van der Waals surface area contributed by atoms with E-state index < -0.39 is 36.4 Å². The second-order valence-corrected chi connectivity index (χ2v) is 17.6. The van der Waals surface area contributed by atoms with Crippen molar-refractivity contribution >= 4 is 40.4 Å². The van der Waals surface area contributed by atoms with Crippen LogP contribution < -0.4 is 15.3 Å². The van der Waals surface area contributed by atoms with Crippen LogP contribution in [0.5, 0.6) is 0 Å². The van der Waals surface area contributed by atoms with E-state index in [1.807, 2.05) is 22.5 Å². The zero-order valence-corrected chi connectivity index (χ0v) is 38.8. The van der Waals surface area contributed by atoms with Crippen molar-refractivity contribution in [3.05, 3.63) is 0 Å². The fourth-order valence-electron chi connectivity index (χ4n) is 6.02. The van der Waals surface area contributed by atoms with E-state index in [4.69, 9.17) is 29.7 Å². The third kappa shape index (κ3) is 61.0. The standard InChI is InChI=1S/C37H75.3C2HF3O2.Sn/c1-3-5-7-9-11-13-15-17-19-21-23-25-27-29-31-33-35-37-36-34-32-30-28-26-24-22-20-18-16-14-12-10-8-6-4-2;3*3-2(4,5)1(6)7;/h37H,3-36H2,1-2H3;3*(H,6,7);/q;;;;+3/p-3. The Kier molecular flexibility index (Phi) is 48.6. The van der Waals surface area contributed by atoms with Crippen molar-refractivity contribution in [1.29, 1.82) is 0 Å². The second kappa shape index (κ2) is 44.6. The summed E-state index contributed by atoms with van der Waals surface area (Å²) >= 11 is 1.81. The predicted octanol–water partition coefficient (Wildman–Crippen LogP) is 12.1. The van der Waals surface area contributed by atoms with Crippen molar-refractivity contribution in [2.24, 2.45) is 0 Å². The van der Waals surface area contributed by atoms with Crippen LogP contribution in [0.3, 0.4) is 0 Å². The van der Waals surface area contributed by atoms with Gasteiger partial charge in [0.25, 0.3) is 0 Å². The number of unbranched alkanes of at least 4 members (excludes halogenated alkanes) is 30. The van der Waals surface area contributed by atoms with Crippen LogP contribution in [0.15, 0.2) is 0 Å². The third-order valence-corrected chi connectivity index (χ3v) is 11.2. The molecular weight excluding hydrogens is 902 g/mol. The molecule has 0 atom stereocenters. The molecule has 0 aliphatic carbocycles. The number of halogens is 9. The number of aliphatic carboxylic acids is 3. The summed E-state index contributed by atoms with van der Waals surface area (Å²) in [4.78, 5) is 26.4. The molecule has 0 N–H and O–H groups in total. The van der Waals surface area contributed by atoms with Gasteiger partial charge in [0.15, 0.2) is 0 Å². The van der Waals surface area contributed by atoms with E-state index in [1.54, 1.807) is 0 Å². The summed E-state index contributed by atoms with van der Waals surface area (Å²) in [6, 6.07) is 0. The van der Waals surface area contributed by atoms with Crippen molar-refractivity contribution in [3.8, 4) is 0 Å². The molecule has 6 nitrogen and oxygen atoms in total. The van der Waals surface area contributed by atoms with Crippen LogP contribution in [-0.4, -0.2) is 59.0 Å². The summed E-state index contributed by atoms with van der Waals surface area (Å²) in [7, 11) is 0. The molecule has 0 saturated heterocycles. The van der Waals surface area contributed by atoms with Crippen LogP contribution in [0.4, 0.5) is 39.5 Å². The van der Waals surface area contributed by atoms with Crippen LogP contribution in [-0.2, 0) is 14.4 Å². The van der Waals surface area contributed by atoms with Gasteiger partial charge >= 0.3 is 186 Å². The minimum Gasteiger partial charge on any atom is -0.542 e. The topological polar surface area (TPSA) is 120 Å². The maximum atomic E-state index is 10.5. The number of hydrogen-bond donors (Lipinski definition) is 0. The smallest absolute Gasteiger partial charge is 0.542 e. The minimum absolute atomic E-state index is 1.06. The molecule has 59 heavy (non-hydrogen) atoms. The van der Waals surface area contributed by atoms with Gasteiger partial charge in [0.1, 0.15) is 17.9 Å². The number of carbonyl (C=O) groups is 3. The summed E-state index contributed by atoms with van der Waals surface area (Å²) in [5, 5.41) is 26.4. The second-order valence-electron chi connectivity index (χ2n) is 15.2. The van der Waals surface area contributed by atoms with E-state index in [9.17, 15) is 39.5 Å². The van der Waals surface area contributed by atoms with Gasteiger partial charge in [-0.2, -0.15) is 39.5 Å². The molecule has 0 saturated carbocycles. The van der Waals surface area contributed by atoms with Gasteiger partial charge in [-0.1, -0.05) is 90.9 Å². The van der Waals surface area contributed by atoms with Crippen LogP contribution >= 0.6 is 0 Å². The molecule has 0 radical (unpaired) electrons. The SMILES string of the molecule is CCCCCCCCCCCCCCCCCC[CH]([Sn+3])CCCCCCCCCCCCCCCCCC.O=C([O-])C(F)(F)F.O=C([O-])C(F)(F)F.O=C([O-])C(F)(F)F. The third-order valence-electron chi connectivity index (χ3n) is 9.51. The summed E-state index contributed by atoms with van der Waals surface area (Å²) in [5.41, 5.74) is 0. The molecule has 0 spiro atoms. The number of carboxylic acid groups (broad SMARTS) is 3. The van der Waals surface area contributed by atoms with Crippen LogP contribution in [0.1, 0.15) is 232 Å². The molecule has 0 aliphatic rings. The Morgan fingerprint density at radius 3 is 0.576 bits per heavy atom. The molecule has 0 aliphatic heterocycles. The average molecular weight is 978 g/mol. The van der Waals surface area contributed by atoms with Gasteiger partial charge in [0, 0.05) is 0 Å². The molecule has 0 rings (SSSR count). The van der Waals surface area contributed by atoms with Gasteiger partial charge in [-0.3, -0.25) is 0 Å². The van der Waals surface area contributed by atoms with Crippen molar-refractivity contribution in [2.75, 3.05) is 0 Å². The van der Waals surface area contributed by atoms with E-state index >= 15 is 0 Å². The number of alkyl halides is 9. The minimum atomic E-state index is -5.19. The van der Waals surface area contributed by atoms with E-state index in [-0.39, 0.29) is 0 Å².